The summed E-state index contributed by atoms with van der Waals surface area (Å²) in [4.78, 5) is 24.3. The highest BCUT2D eigenvalue weighted by Gasteiger charge is 2.16. The van der Waals surface area contributed by atoms with Gasteiger partial charge in [0.25, 0.3) is 0 Å². The standard InChI is InChI=1S/C23H25FN2O3/c1-15(2)9-10-26-16(3)11-19(17(26)4)12-20(13-25)23(28)29-14-22(27)18-5-7-21(24)8-6-18/h5-8,11-12,15H,9-10,14H2,1-4H3/b20-12+. The fraction of sp³-hybridized carbons (Fsp3) is 0.348. The Morgan fingerprint density at radius 1 is 1.24 bits per heavy atom. The number of aromatic nitrogens is 1. The molecule has 0 unspecified atom stereocenters. The average Bonchev–Trinajstić information content (AvgIpc) is 2.95. The fourth-order valence-electron chi connectivity index (χ4n) is 2.93. The molecule has 1 aromatic heterocycles. The largest absolute Gasteiger partial charge is 0.453 e. The third kappa shape index (κ3) is 5.89. The maximum atomic E-state index is 12.9. The van der Waals surface area contributed by atoms with Gasteiger partial charge >= 0.3 is 5.97 Å². The van der Waals surface area contributed by atoms with Gasteiger partial charge in [-0.05, 0) is 68.2 Å². The molecule has 0 aliphatic rings. The minimum absolute atomic E-state index is 0.180. The number of rotatable bonds is 8. The van der Waals surface area contributed by atoms with Crippen molar-refractivity contribution in [2.24, 2.45) is 5.92 Å². The number of hydrogen-bond acceptors (Lipinski definition) is 4. The Hall–Kier alpha value is -3.20. The Morgan fingerprint density at radius 3 is 2.48 bits per heavy atom. The number of benzene rings is 1. The first-order chi connectivity index (χ1) is 13.7. The number of nitriles is 1. The second-order valence-corrected chi connectivity index (χ2v) is 7.34. The van der Waals surface area contributed by atoms with Crippen molar-refractivity contribution in [1.82, 2.24) is 4.57 Å². The van der Waals surface area contributed by atoms with E-state index in [1.807, 2.05) is 26.0 Å². The monoisotopic (exact) mass is 396 g/mol. The van der Waals surface area contributed by atoms with E-state index >= 15 is 0 Å². The molecule has 0 fully saturated rings. The molecular weight excluding hydrogens is 371 g/mol. The van der Waals surface area contributed by atoms with Crippen molar-refractivity contribution in [2.45, 2.75) is 40.7 Å². The highest BCUT2D eigenvalue weighted by atomic mass is 19.1. The van der Waals surface area contributed by atoms with Gasteiger partial charge in [0, 0.05) is 23.5 Å². The highest BCUT2D eigenvalue weighted by molar-refractivity contribution is 6.01. The Morgan fingerprint density at radius 2 is 1.90 bits per heavy atom. The second kappa shape index (κ2) is 9.83. The van der Waals surface area contributed by atoms with E-state index in [4.69, 9.17) is 4.74 Å². The molecule has 0 spiro atoms. The van der Waals surface area contributed by atoms with E-state index < -0.39 is 24.2 Å². The van der Waals surface area contributed by atoms with Crippen LogP contribution < -0.4 is 0 Å². The molecule has 0 N–H and O–H groups in total. The van der Waals surface area contributed by atoms with Gasteiger partial charge in [-0.15, -0.1) is 0 Å². The second-order valence-electron chi connectivity index (χ2n) is 7.34. The maximum absolute atomic E-state index is 12.9. The summed E-state index contributed by atoms with van der Waals surface area (Å²) in [6.45, 7) is 8.59. The molecule has 0 saturated heterocycles. The molecule has 152 valence electrons. The Kier molecular flexibility index (Phi) is 7.49. The number of halogens is 1. The van der Waals surface area contributed by atoms with Crippen LogP contribution in [0.15, 0.2) is 35.9 Å². The van der Waals surface area contributed by atoms with Crippen molar-refractivity contribution in [3.8, 4) is 6.07 Å². The van der Waals surface area contributed by atoms with E-state index in [0.29, 0.717) is 5.92 Å². The van der Waals surface area contributed by atoms with E-state index in [-0.39, 0.29) is 11.1 Å². The van der Waals surface area contributed by atoms with Gasteiger partial charge in [0.1, 0.15) is 17.5 Å². The molecule has 0 atom stereocenters. The zero-order valence-corrected chi connectivity index (χ0v) is 17.2. The van der Waals surface area contributed by atoms with Crippen LogP contribution in [0.1, 0.15) is 47.6 Å². The summed E-state index contributed by atoms with van der Waals surface area (Å²) in [6.07, 6.45) is 2.51. The highest BCUT2D eigenvalue weighted by Crippen LogP contribution is 2.20. The van der Waals surface area contributed by atoms with Crippen LogP contribution in [-0.4, -0.2) is 22.9 Å². The molecule has 2 rings (SSSR count). The number of carbonyl (C=O) groups is 2. The zero-order chi connectivity index (χ0) is 21.6. The predicted molar refractivity (Wildman–Crippen MR) is 109 cm³/mol. The minimum atomic E-state index is -0.866. The lowest BCUT2D eigenvalue weighted by atomic mass is 10.1. The van der Waals surface area contributed by atoms with Gasteiger partial charge in [-0.25, -0.2) is 9.18 Å². The molecule has 5 nitrogen and oxygen atoms in total. The van der Waals surface area contributed by atoms with Gasteiger partial charge in [0.05, 0.1) is 0 Å². The summed E-state index contributed by atoms with van der Waals surface area (Å²) in [5, 5.41) is 9.36. The maximum Gasteiger partial charge on any atom is 0.349 e. The van der Waals surface area contributed by atoms with Gasteiger partial charge in [-0.3, -0.25) is 4.79 Å². The van der Waals surface area contributed by atoms with Crippen molar-refractivity contribution in [3.05, 3.63) is 64.2 Å². The topological polar surface area (TPSA) is 72.1 Å². The lowest BCUT2D eigenvalue weighted by molar-refractivity contribution is -0.137. The molecule has 1 aromatic carbocycles. The number of carbonyl (C=O) groups excluding carboxylic acids is 2. The number of esters is 1. The van der Waals surface area contributed by atoms with Crippen LogP contribution in [0.4, 0.5) is 4.39 Å². The lowest BCUT2D eigenvalue weighted by Gasteiger charge is -2.11. The van der Waals surface area contributed by atoms with Crippen molar-refractivity contribution >= 4 is 17.8 Å². The molecule has 0 aliphatic heterocycles. The van der Waals surface area contributed by atoms with E-state index in [1.54, 1.807) is 0 Å². The zero-order valence-electron chi connectivity index (χ0n) is 17.2. The summed E-state index contributed by atoms with van der Waals surface area (Å²) < 4.78 is 20.1. The van der Waals surface area contributed by atoms with E-state index in [2.05, 4.69) is 18.4 Å². The van der Waals surface area contributed by atoms with Crippen molar-refractivity contribution in [3.63, 3.8) is 0 Å². The number of hydrogen-bond donors (Lipinski definition) is 0. The smallest absolute Gasteiger partial charge is 0.349 e. The number of Topliss-reactive ketones (excluding diaryl/α,β-unsaturated/α-hetero) is 1. The quantitative estimate of drug-likeness (QED) is 0.282. The summed E-state index contributed by atoms with van der Waals surface area (Å²) >= 11 is 0. The van der Waals surface area contributed by atoms with E-state index in [9.17, 15) is 19.2 Å². The Bertz CT molecular complexity index is 963. The van der Waals surface area contributed by atoms with Gasteiger partial charge in [0.15, 0.2) is 12.4 Å². The molecule has 29 heavy (non-hydrogen) atoms. The molecule has 0 amide bonds. The minimum Gasteiger partial charge on any atom is -0.453 e. The third-order valence-corrected chi connectivity index (χ3v) is 4.68. The first-order valence-corrected chi connectivity index (χ1v) is 9.47. The predicted octanol–water partition coefficient (Wildman–Crippen LogP) is 4.62. The van der Waals surface area contributed by atoms with Crippen LogP contribution in [0.2, 0.25) is 0 Å². The van der Waals surface area contributed by atoms with Gasteiger partial charge in [-0.2, -0.15) is 5.26 Å². The first-order valence-electron chi connectivity index (χ1n) is 9.47. The average molecular weight is 396 g/mol. The van der Waals surface area contributed by atoms with Crippen LogP contribution in [0, 0.1) is 36.9 Å². The molecule has 6 heteroatoms. The first kappa shape index (κ1) is 22.1. The molecular formula is C23H25FN2O3. The molecule has 0 saturated carbocycles. The Labute approximate surface area is 170 Å². The molecule has 0 bridgehead atoms. The van der Waals surface area contributed by atoms with Gasteiger partial charge in [-0.1, -0.05) is 13.8 Å². The van der Waals surface area contributed by atoms with Crippen LogP contribution in [0.25, 0.3) is 6.08 Å². The van der Waals surface area contributed by atoms with Crippen LogP contribution in [-0.2, 0) is 16.1 Å². The van der Waals surface area contributed by atoms with Crippen LogP contribution in [0.5, 0.6) is 0 Å². The lowest BCUT2D eigenvalue weighted by Crippen LogP contribution is -2.15. The third-order valence-electron chi connectivity index (χ3n) is 4.68. The summed E-state index contributed by atoms with van der Waals surface area (Å²) in [5.41, 5.74) is 2.83. The molecule has 1 heterocycles. The van der Waals surface area contributed by atoms with E-state index in [1.165, 1.54) is 18.2 Å². The molecule has 2 aromatic rings. The Balaban J connectivity index is 2.10. The van der Waals surface area contributed by atoms with E-state index in [0.717, 1.165) is 42.0 Å². The van der Waals surface area contributed by atoms with Crippen molar-refractivity contribution in [2.75, 3.05) is 6.61 Å². The van der Waals surface area contributed by atoms with Crippen molar-refractivity contribution in [1.29, 1.82) is 5.26 Å². The summed E-state index contributed by atoms with van der Waals surface area (Å²) in [5.74, 6) is -1.23. The number of ketones is 1. The van der Waals surface area contributed by atoms with Crippen LogP contribution in [0.3, 0.4) is 0 Å². The van der Waals surface area contributed by atoms with Crippen LogP contribution >= 0.6 is 0 Å². The fourth-order valence-corrected chi connectivity index (χ4v) is 2.93. The molecule has 0 aliphatic carbocycles. The summed E-state index contributed by atoms with van der Waals surface area (Å²) in [6, 6.07) is 8.72. The normalized spacial score (nSPS) is 11.4. The number of ether oxygens (including phenoxy) is 1. The molecule has 0 radical (unpaired) electrons. The number of nitrogens with zero attached hydrogens (tertiary/aromatic N) is 2. The van der Waals surface area contributed by atoms with Crippen molar-refractivity contribution < 1.29 is 18.7 Å². The number of aryl methyl sites for hydroxylation is 1. The SMILES string of the molecule is Cc1cc(/C=C(\C#N)C(=O)OCC(=O)c2ccc(F)cc2)c(C)n1CCC(C)C. The summed E-state index contributed by atoms with van der Waals surface area (Å²) in [7, 11) is 0. The van der Waals surface area contributed by atoms with Gasteiger partial charge in [0.2, 0.25) is 0 Å². The van der Waals surface area contributed by atoms with Gasteiger partial charge < -0.3 is 9.30 Å².